The van der Waals surface area contributed by atoms with Crippen molar-refractivity contribution in [2.75, 3.05) is 5.32 Å². The average Bonchev–Trinajstić information content (AvgIpc) is 2.68. The summed E-state index contributed by atoms with van der Waals surface area (Å²) in [7, 11) is 0. The van der Waals surface area contributed by atoms with Crippen LogP contribution in [0.1, 0.15) is 29.7 Å². The zero-order chi connectivity index (χ0) is 19.8. The molecule has 0 atom stereocenters. The molecule has 0 fully saturated rings. The minimum atomic E-state index is -0.166. The Hall–Kier alpha value is -2.85. The van der Waals surface area contributed by atoms with Crippen molar-refractivity contribution in [1.29, 1.82) is 0 Å². The van der Waals surface area contributed by atoms with Gasteiger partial charge in [-0.2, -0.15) is 0 Å². The summed E-state index contributed by atoms with van der Waals surface area (Å²) in [4.78, 5) is 19.2. The Morgan fingerprint density at radius 1 is 1.04 bits per heavy atom. The number of allylic oxidation sites excluding steroid dienone is 2. The highest BCUT2D eigenvalue weighted by atomic mass is 35.5. The number of benzene rings is 2. The Bertz CT molecular complexity index is 996. The lowest BCUT2D eigenvalue weighted by atomic mass is 10.1. The molecule has 1 aromatic heterocycles. The maximum absolute atomic E-state index is 12.0. The molecule has 0 aliphatic rings. The second-order valence-corrected chi connectivity index (χ2v) is 7.06. The quantitative estimate of drug-likeness (QED) is 0.490. The highest BCUT2D eigenvalue weighted by molar-refractivity contribution is 6.31. The first-order chi connectivity index (χ1) is 13.6. The number of H-pyrrole nitrogens is 1. The van der Waals surface area contributed by atoms with Crippen LogP contribution in [-0.4, -0.2) is 9.97 Å². The van der Waals surface area contributed by atoms with E-state index in [9.17, 15) is 4.79 Å². The Morgan fingerprint density at radius 3 is 2.57 bits per heavy atom. The Labute approximate surface area is 170 Å². The summed E-state index contributed by atoms with van der Waals surface area (Å²) in [5, 5.41) is 3.82. The summed E-state index contributed by atoms with van der Waals surface area (Å²) < 4.78 is 0. The molecule has 0 aliphatic heterocycles. The monoisotopic (exact) mass is 393 g/mol. The zero-order valence-corrected chi connectivity index (χ0v) is 16.7. The summed E-state index contributed by atoms with van der Waals surface area (Å²) in [5.74, 6) is 0.431. The average molecular weight is 394 g/mol. The van der Waals surface area contributed by atoms with Crippen molar-refractivity contribution in [2.45, 2.75) is 32.6 Å². The zero-order valence-electron chi connectivity index (χ0n) is 15.9. The van der Waals surface area contributed by atoms with Gasteiger partial charge < -0.3 is 5.32 Å². The largest absolute Gasteiger partial charge is 0.325 e. The number of halogens is 1. The van der Waals surface area contributed by atoms with Crippen molar-refractivity contribution in [1.82, 2.24) is 9.97 Å². The van der Waals surface area contributed by atoms with E-state index >= 15 is 0 Å². The molecule has 2 N–H and O–H groups in total. The topological polar surface area (TPSA) is 57.8 Å². The number of nitrogens with one attached hydrogen (secondary N) is 2. The summed E-state index contributed by atoms with van der Waals surface area (Å²) in [5.41, 5.74) is 3.68. The van der Waals surface area contributed by atoms with Crippen molar-refractivity contribution < 1.29 is 0 Å². The third-order valence-electron chi connectivity index (χ3n) is 4.49. The molecule has 28 heavy (non-hydrogen) atoms. The standard InChI is InChI=1S/C23H24ClN3O/c1-17-20(24)14-9-15-21(17)26-23-25-19(16-22(28)27-23)13-8-3-2-5-10-18-11-6-4-7-12-18/h2-4,6-7,9,11-12,14-16H,5,8,10,13H2,1H3,(H2,25,26,27,28)/b3-2+. The van der Waals surface area contributed by atoms with Gasteiger partial charge in [-0.3, -0.25) is 9.78 Å². The van der Waals surface area contributed by atoms with E-state index in [0.29, 0.717) is 11.0 Å². The van der Waals surface area contributed by atoms with Crippen LogP contribution in [0.2, 0.25) is 5.02 Å². The van der Waals surface area contributed by atoms with E-state index in [1.54, 1.807) is 6.07 Å². The molecule has 4 nitrogen and oxygen atoms in total. The summed E-state index contributed by atoms with van der Waals surface area (Å²) in [6.45, 7) is 1.92. The van der Waals surface area contributed by atoms with Crippen molar-refractivity contribution >= 4 is 23.2 Å². The summed E-state index contributed by atoms with van der Waals surface area (Å²) in [6, 6.07) is 17.6. The van der Waals surface area contributed by atoms with E-state index in [2.05, 4.69) is 51.7 Å². The number of hydrogen-bond acceptors (Lipinski definition) is 3. The molecule has 3 rings (SSSR count). The Balaban J connectivity index is 1.55. The normalized spacial score (nSPS) is 11.1. The minimum absolute atomic E-state index is 0.166. The Morgan fingerprint density at radius 2 is 1.79 bits per heavy atom. The molecule has 3 aromatic rings. The molecule has 0 amide bonds. The van der Waals surface area contributed by atoms with Gasteiger partial charge in [0, 0.05) is 16.8 Å². The second kappa shape index (κ2) is 9.90. The molecule has 0 saturated carbocycles. The smallest absolute Gasteiger partial charge is 0.252 e. The molecule has 5 heteroatoms. The van der Waals surface area contributed by atoms with Gasteiger partial charge in [-0.1, -0.05) is 60.2 Å². The predicted molar refractivity (Wildman–Crippen MR) is 117 cm³/mol. The molecule has 0 radical (unpaired) electrons. The minimum Gasteiger partial charge on any atom is -0.325 e. The first kappa shape index (κ1) is 19.9. The number of aromatic nitrogens is 2. The van der Waals surface area contributed by atoms with Crippen LogP contribution in [0.3, 0.4) is 0 Å². The van der Waals surface area contributed by atoms with Gasteiger partial charge in [0.25, 0.3) is 5.56 Å². The van der Waals surface area contributed by atoms with Gasteiger partial charge in [0.05, 0.1) is 5.69 Å². The molecule has 1 heterocycles. The lowest BCUT2D eigenvalue weighted by molar-refractivity contribution is 0.910. The van der Waals surface area contributed by atoms with Crippen LogP contribution in [0.25, 0.3) is 0 Å². The van der Waals surface area contributed by atoms with Crippen LogP contribution in [0.5, 0.6) is 0 Å². The van der Waals surface area contributed by atoms with Crippen molar-refractivity contribution in [2.24, 2.45) is 0 Å². The fourth-order valence-electron chi connectivity index (χ4n) is 2.93. The van der Waals surface area contributed by atoms with Crippen molar-refractivity contribution in [3.05, 3.63) is 98.9 Å². The molecule has 0 bridgehead atoms. The number of anilines is 2. The van der Waals surface area contributed by atoms with Crippen LogP contribution >= 0.6 is 11.6 Å². The van der Waals surface area contributed by atoms with Gasteiger partial charge in [-0.25, -0.2) is 4.98 Å². The molecule has 2 aromatic carbocycles. The van der Waals surface area contributed by atoms with Crippen LogP contribution < -0.4 is 10.9 Å². The lowest BCUT2D eigenvalue weighted by Crippen LogP contribution is -2.12. The maximum atomic E-state index is 12.0. The molecule has 0 unspecified atom stereocenters. The molecule has 0 spiro atoms. The van der Waals surface area contributed by atoms with E-state index in [1.165, 1.54) is 5.56 Å². The number of rotatable bonds is 8. The highest BCUT2D eigenvalue weighted by Crippen LogP contribution is 2.24. The van der Waals surface area contributed by atoms with Gasteiger partial charge in [-0.05, 0) is 55.9 Å². The van der Waals surface area contributed by atoms with Crippen LogP contribution in [0.15, 0.2) is 71.5 Å². The molecular weight excluding hydrogens is 370 g/mol. The lowest BCUT2D eigenvalue weighted by Gasteiger charge is -2.10. The second-order valence-electron chi connectivity index (χ2n) is 6.66. The van der Waals surface area contributed by atoms with Gasteiger partial charge in [0.1, 0.15) is 0 Å². The number of hydrogen-bond donors (Lipinski definition) is 2. The molecule has 144 valence electrons. The SMILES string of the molecule is Cc1c(Cl)cccc1Nc1nc(CC/C=C/CCc2ccccc2)cc(=O)[nH]1. The highest BCUT2D eigenvalue weighted by Gasteiger charge is 2.05. The van der Waals surface area contributed by atoms with Gasteiger partial charge >= 0.3 is 0 Å². The molecular formula is C23H24ClN3O. The van der Waals surface area contributed by atoms with Gasteiger partial charge in [0.2, 0.25) is 5.95 Å². The molecule has 0 aliphatic carbocycles. The third-order valence-corrected chi connectivity index (χ3v) is 4.90. The van der Waals surface area contributed by atoms with E-state index < -0.39 is 0 Å². The van der Waals surface area contributed by atoms with Gasteiger partial charge in [0.15, 0.2) is 0 Å². The predicted octanol–water partition coefficient (Wildman–Crippen LogP) is 5.60. The first-order valence-electron chi connectivity index (χ1n) is 9.43. The molecule has 0 saturated heterocycles. The van der Waals surface area contributed by atoms with Crippen LogP contribution in [0, 0.1) is 6.92 Å². The number of nitrogens with zero attached hydrogens (tertiary/aromatic N) is 1. The fraction of sp³-hybridized carbons (Fsp3) is 0.217. The summed E-state index contributed by atoms with van der Waals surface area (Å²) >= 11 is 6.15. The van der Waals surface area contributed by atoms with Crippen LogP contribution in [0.4, 0.5) is 11.6 Å². The van der Waals surface area contributed by atoms with E-state index in [4.69, 9.17) is 11.6 Å². The first-order valence-corrected chi connectivity index (χ1v) is 9.81. The van der Waals surface area contributed by atoms with Crippen molar-refractivity contribution in [3.63, 3.8) is 0 Å². The number of aryl methyl sites for hydroxylation is 2. The number of aromatic amines is 1. The van der Waals surface area contributed by atoms with Gasteiger partial charge in [-0.15, -0.1) is 0 Å². The maximum Gasteiger partial charge on any atom is 0.252 e. The third kappa shape index (κ3) is 5.83. The Kier molecular flexibility index (Phi) is 7.04. The summed E-state index contributed by atoms with van der Waals surface area (Å²) in [6.07, 6.45) is 7.95. The van der Waals surface area contributed by atoms with E-state index in [1.807, 2.05) is 31.2 Å². The van der Waals surface area contributed by atoms with E-state index in [0.717, 1.165) is 42.6 Å². The van der Waals surface area contributed by atoms with Crippen LogP contribution in [-0.2, 0) is 12.8 Å². The van der Waals surface area contributed by atoms with E-state index in [-0.39, 0.29) is 5.56 Å². The van der Waals surface area contributed by atoms with Crippen molar-refractivity contribution in [3.8, 4) is 0 Å². The fourth-order valence-corrected chi connectivity index (χ4v) is 3.10.